The van der Waals surface area contributed by atoms with Crippen LogP contribution in [0.2, 0.25) is 10.0 Å². The van der Waals surface area contributed by atoms with Crippen LogP contribution in [0.4, 0.5) is 5.69 Å². The molecule has 7 rings (SSSR count). The second kappa shape index (κ2) is 27.0. The number of fused-ring (bicyclic) bond motifs is 17. The number of hydrogen-bond acceptors (Lipinski definition) is 15. The molecule has 1 aromatic carbocycles. The molecule has 3 saturated heterocycles. The molecule has 1 amide bonds. The number of allylic oxidation sites excluding steroid dienone is 1. The number of ether oxygens (including phenoxy) is 5. The molecule has 75 heavy (non-hydrogen) atoms. The number of Topliss-reactive ketones (excluding diaryl/α,β-unsaturated/α-hetero) is 3. The van der Waals surface area contributed by atoms with Gasteiger partial charge in [0.05, 0.1) is 40.5 Å². The third-order valence-corrected chi connectivity index (χ3v) is 17.6. The van der Waals surface area contributed by atoms with E-state index in [1.165, 1.54) is 12.0 Å². The third kappa shape index (κ3) is 14.5. The number of hydroxylamine groups is 1. The Bertz CT molecular complexity index is 2210. The Balaban J connectivity index is 1.36. The van der Waals surface area contributed by atoms with E-state index < -0.39 is 90.0 Å². The number of rotatable bonds is 7. The van der Waals surface area contributed by atoms with Crippen molar-refractivity contribution >= 4 is 58.1 Å². The summed E-state index contributed by atoms with van der Waals surface area (Å²) in [7, 11) is 4.50. The third-order valence-electron chi connectivity index (χ3n) is 17.0. The average molecular weight is 1090 g/mol. The van der Waals surface area contributed by atoms with Gasteiger partial charge < -0.3 is 43.9 Å². The number of amides is 1. The van der Waals surface area contributed by atoms with Crippen molar-refractivity contribution in [3.63, 3.8) is 0 Å². The molecule has 18 heteroatoms. The van der Waals surface area contributed by atoms with Gasteiger partial charge in [0.2, 0.25) is 5.79 Å². The predicted octanol–water partition coefficient (Wildman–Crippen LogP) is 8.34. The largest absolute Gasteiger partial charge is 0.460 e. The van der Waals surface area contributed by atoms with Gasteiger partial charge in [-0.05, 0) is 132 Å². The molecule has 16 nitrogen and oxygen atoms in total. The lowest BCUT2D eigenvalue weighted by Crippen LogP contribution is -2.61. The number of ketones is 3. The van der Waals surface area contributed by atoms with E-state index in [4.69, 9.17) is 51.7 Å². The normalized spacial score (nSPS) is 38.8. The molecule has 0 radical (unpaired) electrons. The van der Waals surface area contributed by atoms with Gasteiger partial charge in [0.1, 0.15) is 41.9 Å². The summed E-state index contributed by atoms with van der Waals surface area (Å²) in [6.07, 6.45) is 3.43. The number of para-hydroxylation sites is 1. The molecule has 3 N–H and O–H groups in total. The second-order valence-corrected chi connectivity index (χ2v) is 23.3. The number of anilines is 1. The van der Waals surface area contributed by atoms with Crippen molar-refractivity contribution < 1.29 is 67.8 Å². The van der Waals surface area contributed by atoms with Crippen LogP contribution in [0.25, 0.3) is 0 Å². The van der Waals surface area contributed by atoms with Crippen molar-refractivity contribution in [1.82, 2.24) is 4.90 Å². The van der Waals surface area contributed by atoms with Crippen LogP contribution in [0.1, 0.15) is 138 Å². The number of methoxy groups -OCH3 is 3. The summed E-state index contributed by atoms with van der Waals surface area (Å²) >= 11 is 13.7. The molecule has 17 atom stereocenters. The molecular weight excluding hydrogens is 1010 g/mol. The summed E-state index contributed by atoms with van der Waals surface area (Å²) < 4.78 is 29.9. The lowest BCUT2D eigenvalue weighted by atomic mass is 9.78. The predicted molar refractivity (Wildman–Crippen MR) is 284 cm³/mol. The number of carbonyl (C=O) groups excluding carboxylic acids is 5. The Morgan fingerprint density at radius 3 is 2.20 bits per heavy atom. The van der Waals surface area contributed by atoms with Crippen LogP contribution < -0.4 is 5.06 Å². The standard InChI is InChI=1S/C57H84Cl2N2O14/c1-31-24-35(5)51(64)53(72-10)52(65)36(6)25-32(2)46(63)30-48(33(3)26-38-18-22-45(62)49(28-38)71-9)73-56(68)44-16-11-12-23-60(44)55(67)54(66)57(69)37(7)17-19-39(74-57)29-47(70-8)34(4)27-40-20-21-43(31)61(75-40)50-41(58)14-13-15-42(50)59/h13-15,25,27,31-33,35,37-40,43-45,47-49,52-53,62,65,69H,11-12,16-24,26,28-30H2,1-10H3/b34-27+,36-25+/t31-,32+,33+,35+,37+,38-,39-,40+,43-,44-,45+,47-,48-,49+,52+,53-,57+/m0/s1. The highest BCUT2D eigenvalue weighted by Crippen LogP contribution is 2.43. The zero-order valence-corrected chi connectivity index (χ0v) is 47.2. The quantitative estimate of drug-likeness (QED) is 0.133. The molecule has 5 aliphatic heterocycles. The minimum atomic E-state index is -2.49. The molecule has 0 aromatic heterocycles. The van der Waals surface area contributed by atoms with Crippen LogP contribution in [0.5, 0.6) is 0 Å². The van der Waals surface area contributed by atoms with Crippen molar-refractivity contribution in [2.45, 2.75) is 205 Å². The van der Waals surface area contributed by atoms with Crippen molar-refractivity contribution in [3.05, 3.63) is 51.5 Å². The van der Waals surface area contributed by atoms with Crippen molar-refractivity contribution in [3.8, 4) is 0 Å². The fourth-order valence-corrected chi connectivity index (χ4v) is 12.8. The van der Waals surface area contributed by atoms with Gasteiger partial charge in [-0.15, -0.1) is 0 Å². The van der Waals surface area contributed by atoms with E-state index in [-0.39, 0.29) is 67.3 Å². The van der Waals surface area contributed by atoms with Gasteiger partial charge in [-0.3, -0.25) is 24.0 Å². The highest BCUT2D eigenvalue weighted by Gasteiger charge is 2.53. The number of benzene rings is 1. The summed E-state index contributed by atoms with van der Waals surface area (Å²) in [6.45, 7) is 12.7. The van der Waals surface area contributed by atoms with Crippen LogP contribution in [0.15, 0.2) is 41.5 Å². The van der Waals surface area contributed by atoms with Crippen molar-refractivity contribution in [2.75, 3.05) is 32.9 Å². The minimum Gasteiger partial charge on any atom is -0.460 e. The molecule has 4 fully saturated rings. The topological polar surface area (TPSA) is 208 Å². The highest BCUT2D eigenvalue weighted by molar-refractivity contribution is 6.39. The van der Waals surface area contributed by atoms with Crippen molar-refractivity contribution in [2.24, 2.45) is 35.5 Å². The summed E-state index contributed by atoms with van der Waals surface area (Å²) in [5.41, 5.74) is 1.64. The number of esters is 1. The minimum absolute atomic E-state index is 0.0616. The first-order valence-corrected chi connectivity index (χ1v) is 28.0. The summed E-state index contributed by atoms with van der Waals surface area (Å²) in [6, 6.07) is 3.77. The number of halogens is 2. The fraction of sp³-hybridized carbons (Fsp3) is 0.737. The van der Waals surface area contributed by atoms with E-state index >= 15 is 0 Å². The number of aliphatic hydroxyl groups excluding tert-OH is 2. The van der Waals surface area contributed by atoms with Crippen LogP contribution >= 0.6 is 23.2 Å². The van der Waals surface area contributed by atoms with Gasteiger partial charge in [0.25, 0.3) is 11.7 Å². The first-order valence-electron chi connectivity index (χ1n) is 27.3. The van der Waals surface area contributed by atoms with Crippen molar-refractivity contribution in [1.29, 1.82) is 0 Å². The van der Waals surface area contributed by atoms with E-state index in [0.717, 1.165) is 5.57 Å². The Labute approximate surface area is 454 Å². The van der Waals surface area contributed by atoms with E-state index in [1.54, 1.807) is 64.3 Å². The number of hydrogen-bond donors (Lipinski definition) is 3. The molecule has 420 valence electrons. The molecule has 1 aliphatic carbocycles. The lowest BCUT2D eigenvalue weighted by Gasteiger charge is -2.44. The molecule has 1 aromatic rings. The van der Waals surface area contributed by atoms with Crippen LogP contribution in [0, 0.1) is 35.5 Å². The van der Waals surface area contributed by atoms with E-state index in [0.29, 0.717) is 91.9 Å². The van der Waals surface area contributed by atoms with Gasteiger partial charge >= 0.3 is 5.97 Å². The second-order valence-electron chi connectivity index (χ2n) is 22.5. The van der Waals surface area contributed by atoms with Gasteiger partial charge in [0, 0.05) is 58.5 Å². The maximum absolute atomic E-state index is 14.5. The smallest absolute Gasteiger partial charge is 0.329 e. The molecular formula is C57H84Cl2N2O14. The maximum atomic E-state index is 14.5. The highest BCUT2D eigenvalue weighted by atomic mass is 35.5. The first-order chi connectivity index (χ1) is 35.5. The zero-order valence-electron chi connectivity index (χ0n) is 45.7. The Kier molecular flexibility index (Phi) is 22.0. The summed E-state index contributed by atoms with van der Waals surface area (Å²) in [4.78, 5) is 80.0. The Morgan fingerprint density at radius 1 is 0.827 bits per heavy atom. The zero-order chi connectivity index (χ0) is 55.1. The molecule has 5 heterocycles. The van der Waals surface area contributed by atoms with E-state index in [1.807, 2.05) is 33.8 Å². The number of carbonyl (C=O) groups is 5. The van der Waals surface area contributed by atoms with Crippen LogP contribution in [-0.2, 0) is 52.5 Å². The number of nitrogens with zero attached hydrogens (tertiary/aromatic N) is 2. The Hall–Kier alpha value is -3.29. The molecule has 0 spiro atoms. The van der Waals surface area contributed by atoms with E-state index in [9.17, 15) is 39.3 Å². The average Bonchev–Trinajstić information content (AvgIpc) is 3.38. The van der Waals surface area contributed by atoms with Gasteiger partial charge in [-0.25, -0.2) is 9.86 Å². The first kappa shape index (κ1) is 60.9. The van der Waals surface area contributed by atoms with Crippen LogP contribution in [-0.4, -0.2) is 144 Å². The Morgan fingerprint density at radius 2 is 1.53 bits per heavy atom. The number of piperidine rings is 1. The summed E-state index contributed by atoms with van der Waals surface area (Å²) in [5, 5.41) is 37.0. The monoisotopic (exact) mass is 1090 g/mol. The number of aliphatic hydroxyl groups is 3. The van der Waals surface area contributed by atoms with Crippen LogP contribution in [0.3, 0.4) is 0 Å². The summed E-state index contributed by atoms with van der Waals surface area (Å²) in [5.74, 6) is -8.64. The maximum Gasteiger partial charge on any atom is 0.329 e. The van der Waals surface area contributed by atoms with E-state index in [2.05, 4.69) is 0 Å². The fourth-order valence-electron chi connectivity index (χ4n) is 12.2. The van der Waals surface area contributed by atoms with Gasteiger partial charge in [-0.1, -0.05) is 76.0 Å². The SMILES string of the molecule is CO[C@H]1C[C@@H]2CC[C@@H](C)[C@@](O)(O2)C(=O)C(=O)N2CCCC[C@H]2C(=O)O[C@H]([C@H](C)C[C@@H]2CC[C@@H](O)[C@H](OC)C2)CC(=O)[C@H](C)/C=C(\C)[C@@H](O)[C@@H](OC)C(=O)[C@H](C)C[C@H](C)[C@@H]2CC[C@H](/C=C/1C)ON2c1c(Cl)cccc1Cl. The molecule has 6 aliphatic rings. The lowest BCUT2D eigenvalue weighted by molar-refractivity contribution is -0.265. The molecule has 4 bridgehead atoms. The van der Waals surface area contributed by atoms with Gasteiger partial charge in [0.15, 0.2) is 5.78 Å². The molecule has 0 unspecified atom stereocenters. The van der Waals surface area contributed by atoms with Gasteiger partial charge in [-0.2, -0.15) is 0 Å². The molecule has 1 saturated carbocycles.